The molecule has 0 aromatic heterocycles. The van der Waals surface area contributed by atoms with E-state index in [9.17, 15) is 0 Å². The summed E-state index contributed by atoms with van der Waals surface area (Å²) in [7, 11) is 0. The fourth-order valence-corrected chi connectivity index (χ4v) is 2.80. The number of halogens is 1. The fourth-order valence-electron chi connectivity index (χ4n) is 2.61. The molecule has 0 aliphatic heterocycles. The van der Waals surface area contributed by atoms with E-state index in [4.69, 9.17) is 16.3 Å². The van der Waals surface area contributed by atoms with Crippen LogP contribution in [0.2, 0.25) is 5.02 Å². The molecule has 0 fully saturated rings. The van der Waals surface area contributed by atoms with Gasteiger partial charge in [-0.15, -0.1) is 0 Å². The predicted octanol–water partition coefficient (Wildman–Crippen LogP) is 5.77. The molecular weight excluding hydrogens is 330 g/mol. The van der Waals surface area contributed by atoms with Crippen LogP contribution in [0.4, 0.5) is 0 Å². The molecule has 0 amide bonds. The summed E-state index contributed by atoms with van der Waals surface area (Å²) in [6.07, 6.45) is 0. The number of ether oxygens (including phenoxy) is 1. The monoisotopic (exact) mass is 351 g/mol. The van der Waals surface area contributed by atoms with Crippen LogP contribution in [0, 0.1) is 0 Å². The van der Waals surface area contributed by atoms with Crippen molar-refractivity contribution in [3.05, 3.63) is 101 Å². The maximum atomic E-state index is 6.15. The Labute approximate surface area is 154 Å². The molecule has 0 saturated heterocycles. The van der Waals surface area contributed by atoms with Gasteiger partial charge in [-0.25, -0.2) is 0 Å². The van der Waals surface area contributed by atoms with Crippen LogP contribution in [0.3, 0.4) is 0 Å². The molecule has 2 nitrogen and oxygen atoms in total. The second kappa shape index (κ2) is 8.70. The smallest absolute Gasteiger partial charge is 0.119 e. The van der Waals surface area contributed by atoms with Crippen LogP contribution in [-0.4, -0.2) is 0 Å². The molecule has 1 N–H and O–H groups in total. The van der Waals surface area contributed by atoms with E-state index < -0.39 is 0 Å². The molecule has 1 atom stereocenters. The molecule has 0 radical (unpaired) electrons. The van der Waals surface area contributed by atoms with Crippen molar-refractivity contribution in [2.24, 2.45) is 0 Å². The van der Waals surface area contributed by atoms with E-state index in [2.05, 4.69) is 48.6 Å². The van der Waals surface area contributed by atoms with Crippen LogP contribution >= 0.6 is 11.6 Å². The van der Waals surface area contributed by atoms with Gasteiger partial charge in [0.2, 0.25) is 0 Å². The third kappa shape index (κ3) is 5.09. The van der Waals surface area contributed by atoms with E-state index in [0.29, 0.717) is 12.6 Å². The van der Waals surface area contributed by atoms with Gasteiger partial charge in [-0.2, -0.15) is 0 Å². The second-order valence-electron chi connectivity index (χ2n) is 6.04. The van der Waals surface area contributed by atoms with Gasteiger partial charge in [0.25, 0.3) is 0 Å². The topological polar surface area (TPSA) is 21.3 Å². The fraction of sp³-hybridized carbons (Fsp3) is 0.182. The molecule has 0 aliphatic carbocycles. The van der Waals surface area contributed by atoms with Gasteiger partial charge in [0, 0.05) is 23.2 Å². The largest absolute Gasteiger partial charge is 0.489 e. The first-order valence-electron chi connectivity index (χ1n) is 8.46. The third-order valence-corrected chi connectivity index (χ3v) is 4.56. The van der Waals surface area contributed by atoms with Crippen LogP contribution in [0.5, 0.6) is 5.75 Å². The summed E-state index contributed by atoms with van der Waals surface area (Å²) < 4.78 is 5.82. The van der Waals surface area contributed by atoms with Gasteiger partial charge < -0.3 is 10.1 Å². The van der Waals surface area contributed by atoms with Crippen molar-refractivity contribution in [2.45, 2.75) is 26.1 Å². The first-order valence-corrected chi connectivity index (χ1v) is 8.83. The molecular formula is C22H22ClNO. The van der Waals surface area contributed by atoms with Gasteiger partial charge in [-0.05, 0) is 36.2 Å². The summed E-state index contributed by atoms with van der Waals surface area (Å²) in [6, 6.07) is 26.7. The number of benzene rings is 3. The Morgan fingerprint density at radius 2 is 1.56 bits per heavy atom. The van der Waals surface area contributed by atoms with Gasteiger partial charge >= 0.3 is 0 Å². The standard InChI is InChI=1S/C22H22ClNO/c1-17(19-7-3-2-4-8-19)24-15-18-11-13-21(14-12-18)25-16-20-9-5-6-10-22(20)23/h2-14,17,24H,15-16H2,1H3/t17-/m1/s1. The van der Waals surface area contributed by atoms with Crippen molar-refractivity contribution in [1.29, 1.82) is 0 Å². The SMILES string of the molecule is C[C@@H](NCc1ccc(OCc2ccccc2Cl)cc1)c1ccccc1. The highest BCUT2D eigenvalue weighted by Gasteiger charge is 2.04. The molecule has 25 heavy (non-hydrogen) atoms. The van der Waals surface area contributed by atoms with Crippen LogP contribution < -0.4 is 10.1 Å². The number of nitrogens with one attached hydrogen (secondary N) is 1. The zero-order valence-electron chi connectivity index (χ0n) is 14.3. The van der Waals surface area contributed by atoms with E-state index in [1.54, 1.807) is 0 Å². The minimum Gasteiger partial charge on any atom is -0.489 e. The second-order valence-corrected chi connectivity index (χ2v) is 6.44. The molecule has 3 aromatic rings. The van der Waals surface area contributed by atoms with Crippen molar-refractivity contribution in [3.63, 3.8) is 0 Å². The third-order valence-electron chi connectivity index (χ3n) is 4.19. The number of hydrogen-bond donors (Lipinski definition) is 1. The summed E-state index contributed by atoms with van der Waals surface area (Å²) in [5.74, 6) is 0.847. The Bertz CT molecular complexity index is 787. The quantitative estimate of drug-likeness (QED) is 0.583. The predicted molar refractivity (Wildman–Crippen MR) is 104 cm³/mol. The van der Waals surface area contributed by atoms with Crippen LogP contribution in [0.1, 0.15) is 29.7 Å². The minimum atomic E-state index is 0.317. The lowest BCUT2D eigenvalue weighted by molar-refractivity contribution is 0.306. The Kier molecular flexibility index (Phi) is 6.10. The normalized spacial score (nSPS) is 11.9. The molecule has 3 aromatic carbocycles. The van der Waals surface area contributed by atoms with Crippen molar-refractivity contribution >= 4 is 11.6 Å². The highest BCUT2D eigenvalue weighted by molar-refractivity contribution is 6.31. The van der Waals surface area contributed by atoms with E-state index in [-0.39, 0.29) is 0 Å². The highest BCUT2D eigenvalue weighted by Crippen LogP contribution is 2.19. The lowest BCUT2D eigenvalue weighted by Gasteiger charge is -2.14. The summed E-state index contributed by atoms with van der Waals surface area (Å²) in [6.45, 7) is 3.47. The van der Waals surface area contributed by atoms with Crippen molar-refractivity contribution < 1.29 is 4.74 Å². The molecule has 0 aliphatic rings. The van der Waals surface area contributed by atoms with E-state index in [0.717, 1.165) is 22.9 Å². The first-order chi connectivity index (χ1) is 12.2. The first kappa shape index (κ1) is 17.5. The van der Waals surface area contributed by atoms with Crippen LogP contribution in [0.25, 0.3) is 0 Å². The molecule has 3 rings (SSSR count). The van der Waals surface area contributed by atoms with Gasteiger partial charge in [0.05, 0.1) is 0 Å². The number of rotatable bonds is 7. The molecule has 0 spiro atoms. The number of hydrogen-bond acceptors (Lipinski definition) is 2. The van der Waals surface area contributed by atoms with Crippen molar-refractivity contribution in [2.75, 3.05) is 0 Å². The van der Waals surface area contributed by atoms with Gasteiger partial charge in [0.1, 0.15) is 12.4 Å². The van der Waals surface area contributed by atoms with E-state index >= 15 is 0 Å². The Morgan fingerprint density at radius 1 is 0.880 bits per heavy atom. The van der Waals surface area contributed by atoms with Gasteiger partial charge in [-0.3, -0.25) is 0 Å². The maximum absolute atomic E-state index is 6.15. The Morgan fingerprint density at radius 3 is 2.28 bits per heavy atom. The highest BCUT2D eigenvalue weighted by atomic mass is 35.5. The molecule has 128 valence electrons. The average molecular weight is 352 g/mol. The molecule has 0 heterocycles. The Hall–Kier alpha value is -2.29. The Balaban J connectivity index is 1.51. The minimum absolute atomic E-state index is 0.317. The van der Waals surface area contributed by atoms with E-state index in [1.165, 1.54) is 11.1 Å². The van der Waals surface area contributed by atoms with Crippen LogP contribution in [0.15, 0.2) is 78.9 Å². The summed E-state index contributed by atoms with van der Waals surface area (Å²) in [4.78, 5) is 0. The summed E-state index contributed by atoms with van der Waals surface area (Å²) in [5.41, 5.74) is 3.52. The zero-order valence-corrected chi connectivity index (χ0v) is 15.0. The lowest BCUT2D eigenvalue weighted by Crippen LogP contribution is -2.17. The molecule has 0 saturated carbocycles. The van der Waals surface area contributed by atoms with Crippen molar-refractivity contribution in [1.82, 2.24) is 5.32 Å². The molecule has 0 bridgehead atoms. The van der Waals surface area contributed by atoms with Crippen molar-refractivity contribution in [3.8, 4) is 5.75 Å². The van der Waals surface area contributed by atoms with Gasteiger partial charge in [-0.1, -0.05) is 72.3 Å². The van der Waals surface area contributed by atoms with E-state index in [1.807, 2.05) is 42.5 Å². The molecule has 0 unspecified atom stereocenters. The average Bonchev–Trinajstić information content (AvgIpc) is 2.67. The summed E-state index contributed by atoms with van der Waals surface area (Å²) in [5, 5.41) is 4.28. The molecule has 3 heteroatoms. The lowest BCUT2D eigenvalue weighted by atomic mass is 10.1. The maximum Gasteiger partial charge on any atom is 0.119 e. The zero-order chi connectivity index (χ0) is 17.5. The van der Waals surface area contributed by atoms with Crippen LogP contribution in [-0.2, 0) is 13.2 Å². The summed E-state index contributed by atoms with van der Waals surface area (Å²) >= 11 is 6.15. The van der Waals surface area contributed by atoms with Gasteiger partial charge in [0.15, 0.2) is 0 Å².